The normalized spacial score (nSPS) is 17.5. The van der Waals surface area contributed by atoms with E-state index in [4.69, 9.17) is 0 Å². The van der Waals surface area contributed by atoms with Crippen LogP contribution in [0, 0.1) is 0 Å². The van der Waals surface area contributed by atoms with Gasteiger partial charge in [-0.3, -0.25) is 14.7 Å². The Hall–Kier alpha value is -3.82. The number of rotatable bonds is 4. The third-order valence-electron chi connectivity index (χ3n) is 6.17. The summed E-state index contributed by atoms with van der Waals surface area (Å²) in [5, 5.41) is 10.1. The predicted octanol–water partition coefficient (Wildman–Crippen LogP) is 4.52. The maximum Gasteiger partial charge on any atom is 0.331 e. The molecular formula is C25H22N6O2S. The third-order valence-corrected chi connectivity index (χ3v) is 7.27. The molecule has 1 saturated heterocycles. The number of hydrogen-bond acceptors (Lipinski definition) is 6. The second kappa shape index (κ2) is 8.51. The van der Waals surface area contributed by atoms with Crippen molar-refractivity contribution in [1.29, 1.82) is 0 Å². The molecule has 9 heteroatoms. The van der Waals surface area contributed by atoms with Gasteiger partial charge in [0.2, 0.25) is 0 Å². The van der Waals surface area contributed by atoms with E-state index in [2.05, 4.69) is 25.9 Å². The van der Waals surface area contributed by atoms with Crippen LogP contribution in [0.1, 0.15) is 22.5 Å². The fourth-order valence-corrected chi connectivity index (χ4v) is 5.59. The van der Waals surface area contributed by atoms with Crippen LogP contribution in [0.15, 0.2) is 61.1 Å². The number of carbonyl (C=O) groups is 2. The Bertz CT molecular complexity index is 1400. The number of nitrogens with zero attached hydrogens (tertiary/aromatic N) is 3. The Kier molecular flexibility index (Phi) is 5.20. The fourth-order valence-electron chi connectivity index (χ4n) is 4.57. The lowest BCUT2D eigenvalue weighted by molar-refractivity contribution is 0.0935. The molecule has 0 spiro atoms. The van der Waals surface area contributed by atoms with Gasteiger partial charge < -0.3 is 16.0 Å². The van der Waals surface area contributed by atoms with Crippen molar-refractivity contribution >= 4 is 50.6 Å². The number of aromatic nitrogens is 2. The van der Waals surface area contributed by atoms with Crippen molar-refractivity contribution in [2.75, 3.05) is 23.3 Å². The number of thiophene rings is 1. The van der Waals surface area contributed by atoms with Gasteiger partial charge in [0.15, 0.2) is 0 Å². The smallest absolute Gasteiger partial charge is 0.331 e. The monoisotopic (exact) mass is 470 g/mol. The van der Waals surface area contributed by atoms with Crippen LogP contribution in [-0.2, 0) is 0 Å². The average Bonchev–Trinajstić information content (AvgIpc) is 3.25. The van der Waals surface area contributed by atoms with Crippen LogP contribution in [0.3, 0.4) is 0 Å². The Morgan fingerprint density at radius 1 is 1.15 bits per heavy atom. The van der Waals surface area contributed by atoms with E-state index in [1.54, 1.807) is 29.6 Å². The van der Waals surface area contributed by atoms with E-state index in [1.165, 1.54) is 11.3 Å². The van der Waals surface area contributed by atoms with Crippen molar-refractivity contribution in [2.24, 2.45) is 0 Å². The molecule has 6 rings (SSSR count). The van der Waals surface area contributed by atoms with Gasteiger partial charge in [0.25, 0.3) is 5.91 Å². The van der Waals surface area contributed by atoms with Crippen molar-refractivity contribution in [2.45, 2.75) is 18.9 Å². The second-order valence-electron chi connectivity index (χ2n) is 8.40. The van der Waals surface area contributed by atoms with Gasteiger partial charge in [0, 0.05) is 30.5 Å². The highest BCUT2D eigenvalue weighted by molar-refractivity contribution is 7.21. The van der Waals surface area contributed by atoms with Crippen LogP contribution < -0.4 is 20.9 Å². The molecule has 1 aromatic carbocycles. The molecule has 0 bridgehead atoms. The number of nitrogens with one attached hydrogen (secondary N) is 3. The van der Waals surface area contributed by atoms with Crippen molar-refractivity contribution < 1.29 is 9.59 Å². The standard InChI is InChI=1S/C25H22N6O2S/c32-23(29-17-7-4-9-26-13-17)22-21-20-19(8-10-28-24(20)34-22)31(25(33)30-21)18-11-16(12-27-14-18)15-5-2-1-3-6-15/h1-3,5-6,8,10-12,14,17,26H,4,7,9,13H2,(H,29,32)(H,30,33)/t17-/m1/s1. The molecule has 5 heterocycles. The lowest BCUT2D eigenvalue weighted by atomic mass is 10.1. The lowest BCUT2D eigenvalue weighted by Gasteiger charge is -2.28. The molecule has 0 aliphatic carbocycles. The minimum Gasteiger partial charge on any atom is -0.347 e. The Balaban J connectivity index is 1.40. The van der Waals surface area contributed by atoms with Gasteiger partial charge in [0.1, 0.15) is 9.71 Å². The van der Waals surface area contributed by atoms with Crippen LogP contribution >= 0.6 is 11.3 Å². The van der Waals surface area contributed by atoms with Crippen molar-refractivity contribution in [3.05, 3.63) is 65.9 Å². The third kappa shape index (κ3) is 3.59. The average molecular weight is 471 g/mol. The van der Waals surface area contributed by atoms with Gasteiger partial charge in [-0.25, -0.2) is 9.78 Å². The molecule has 8 nitrogen and oxygen atoms in total. The summed E-state index contributed by atoms with van der Waals surface area (Å²) in [6.45, 7) is 1.72. The van der Waals surface area contributed by atoms with Crippen LogP contribution in [-0.4, -0.2) is 41.0 Å². The minimum absolute atomic E-state index is 0.0775. The number of anilines is 3. The summed E-state index contributed by atoms with van der Waals surface area (Å²) < 4.78 is 0. The van der Waals surface area contributed by atoms with E-state index >= 15 is 0 Å². The number of urea groups is 1. The first kappa shape index (κ1) is 20.8. The summed E-state index contributed by atoms with van der Waals surface area (Å²) >= 11 is 1.30. The molecule has 0 unspecified atom stereocenters. The van der Waals surface area contributed by atoms with E-state index in [0.717, 1.165) is 42.4 Å². The molecular weight excluding hydrogens is 448 g/mol. The summed E-state index contributed by atoms with van der Waals surface area (Å²) in [7, 11) is 0. The highest BCUT2D eigenvalue weighted by atomic mass is 32.1. The van der Waals surface area contributed by atoms with Crippen LogP contribution in [0.4, 0.5) is 21.9 Å². The highest BCUT2D eigenvalue weighted by Crippen LogP contribution is 2.45. The van der Waals surface area contributed by atoms with Gasteiger partial charge in [-0.15, -0.1) is 11.3 Å². The molecule has 3 amide bonds. The lowest BCUT2D eigenvalue weighted by Crippen LogP contribution is -2.45. The number of piperidine rings is 1. The number of amides is 3. The molecule has 4 aromatic rings. The van der Waals surface area contributed by atoms with Crippen molar-refractivity contribution in [3.8, 4) is 11.1 Å². The topological polar surface area (TPSA) is 99.2 Å². The molecule has 1 fully saturated rings. The number of pyridine rings is 2. The largest absolute Gasteiger partial charge is 0.347 e. The van der Waals surface area contributed by atoms with Crippen molar-refractivity contribution in [3.63, 3.8) is 0 Å². The van der Waals surface area contributed by atoms with E-state index in [0.29, 0.717) is 26.8 Å². The molecule has 3 N–H and O–H groups in total. The zero-order chi connectivity index (χ0) is 23.1. The number of hydrogen-bond donors (Lipinski definition) is 3. The molecule has 3 aromatic heterocycles. The molecule has 0 radical (unpaired) electrons. The molecule has 1 atom stereocenters. The number of benzene rings is 1. The fraction of sp³-hybridized carbons (Fsp3) is 0.200. The summed E-state index contributed by atoms with van der Waals surface area (Å²) in [6, 6.07) is 13.4. The van der Waals surface area contributed by atoms with Gasteiger partial charge in [-0.05, 0) is 37.1 Å². The van der Waals surface area contributed by atoms with E-state index < -0.39 is 0 Å². The number of carbonyl (C=O) groups excluding carboxylic acids is 2. The maximum absolute atomic E-state index is 13.3. The second-order valence-corrected chi connectivity index (χ2v) is 9.40. The van der Waals surface area contributed by atoms with E-state index in [1.807, 2.05) is 36.4 Å². The summed E-state index contributed by atoms with van der Waals surface area (Å²) in [5.74, 6) is -0.181. The predicted molar refractivity (Wildman–Crippen MR) is 134 cm³/mol. The van der Waals surface area contributed by atoms with Gasteiger partial charge in [0.05, 0.1) is 28.6 Å². The summed E-state index contributed by atoms with van der Waals surface area (Å²) in [6.07, 6.45) is 7.08. The maximum atomic E-state index is 13.3. The Labute approximate surface area is 200 Å². The molecule has 34 heavy (non-hydrogen) atoms. The summed E-state index contributed by atoms with van der Waals surface area (Å²) in [5.41, 5.74) is 3.78. The zero-order valence-electron chi connectivity index (χ0n) is 18.2. The van der Waals surface area contributed by atoms with Gasteiger partial charge >= 0.3 is 6.03 Å². The Morgan fingerprint density at radius 3 is 2.85 bits per heavy atom. The van der Waals surface area contributed by atoms with E-state index in [9.17, 15) is 9.59 Å². The van der Waals surface area contributed by atoms with Crippen LogP contribution in [0.25, 0.3) is 21.3 Å². The first-order valence-electron chi connectivity index (χ1n) is 11.2. The molecule has 2 aliphatic heterocycles. The van der Waals surface area contributed by atoms with Gasteiger partial charge in [-0.1, -0.05) is 30.3 Å². The van der Waals surface area contributed by atoms with E-state index in [-0.39, 0.29) is 18.0 Å². The van der Waals surface area contributed by atoms with Gasteiger partial charge in [-0.2, -0.15) is 0 Å². The highest BCUT2D eigenvalue weighted by Gasteiger charge is 2.33. The van der Waals surface area contributed by atoms with Crippen LogP contribution in [0.5, 0.6) is 0 Å². The SMILES string of the molecule is O=C(N[C@@H]1CCCNC1)c1sc2nccc3c2c1NC(=O)N3c1cncc(-c2ccccc2)c1. The minimum atomic E-state index is -0.334. The Morgan fingerprint density at radius 2 is 2.03 bits per heavy atom. The first-order chi connectivity index (χ1) is 16.7. The van der Waals surface area contributed by atoms with Crippen molar-refractivity contribution in [1.82, 2.24) is 20.6 Å². The quantitative estimate of drug-likeness (QED) is 0.407. The first-order valence-corrected chi connectivity index (χ1v) is 12.1. The summed E-state index contributed by atoms with van der Waals surface area (Å²) in [4.78, 5) is 38.1. The molecule has 170 valence electrons. The molecule has 2 aliphatic rings. The van der Waals surface area contributed by atoms with Crippen LogP contribution in [0.2, 0.25) is 0 Å². The molecule has 0 saturated carbocycles. The zero-order valence-corrected chi connectivity index (χ0v) is 19.1.